The van der Waals surface area contributed by atoms with Gasteiger partial charge in [0.1, 0.15) is 0 Å². The van der Waals surface area contributed by atoms with Crippen molar-refractivity contribution in [2.24, 2.45) is 0 Å². The molecule has 0 aromatic carbocycles. The molecule has 18 heavy (non-hydrogen) atoms. The highest BCUT2D eigenvalue weighted by Crippen LogP contribution is 2.23. The molecule has 2 fully saturated rings. The van der Waals surface area contributed by atoms with Gasteiger partial charge in [0.2, 0.25) is 0 Å². The molecule has 1 saturated carbocycles. The van der Waals surface area contributed by atoms with Gasteiger partial charge in [0.15, 0.2) is 5.57 Å². The zero-order chi connectivity index (χ0) is 13.2. The minimum Gasteiger partial charge on any atom is -0.419 e. The predicted octanol–water partition coefficient (Wildman–Crippen LogP) is 1.63. The van der Waals surface area contributed by atoms with E-state index in [9.17, 15) is 9.59 Å². The molecule has 0 radical (unpaired) electrons. The van der Waals surface area contributed by atoms with E-state index in [1.807, 2.05) is 0 Å². The van der Waals surface area contributed by atoms with Crippen LogP contribution < -0.4 is 5.32 Å². The highest BCUT2D eigenvalue weighted by atomic mass is 16.7. The van der Waals surface area contributed by atoms with Crippen LogP contribution in [0.1, 0.15) is 46.0 Å². The first-order chi connectivity index (χ1) is 8.48. The molecule has 0 atom stereocenters. The first-order valence-electron chi connectivity index (χ1n) is 6.41. The second kappa shape index (κ2) is 5.00. The number of carbonyl (C=O) groups is 2. The molecule has 1 aliphatic carbocycles. The van der Waals surface area contributed by atoms with E-state index in [4.69, 9.17) is 9.47 Å². The van der Waals surface area contributed by atoms with Crippen molar-refractivity contribution in [2.45, 2.75) is 57.8 Å². The number of carbonyl (C=O) groups excluding carboxylic acids is 2. The van der Waals surface area contributed by atoms with Gasteiger partial charge in [-0.25, -0.2) is 9.59 Å². The third-order valence-corrected chi connectivity index (χ3v) is 3.19. The Morgan fingerprint density at radius 2 is 1.67 bits per heavy atom. The van der Waals surface area contributed by atoms with Gasteiger partial charge in [-0.3, -0.25) is 0 Å². The fourth-order valence-electron chi connectivity index (χ4n) is 2.25. The first kappa shape index (κ1) is 12.9. The average Bonchev–Trinajstić information content (AvgIpc) is 2.27. The normalized spacial score (nSPS) is 24.2. The second-order valence-corrected chi connectivity index (χ2v) is 5.24. The van der Waals surface area contributed by atoms with Gasteiger partial charge in [-0.05, 0) is 12.8 Å². The molecule has 100 valence electrons. The van der Waals surface area contributed by atoms with Gasteiger partial charge >= 0.3 is 11.9 Å². The minimum absolute atomic E-state index is 0.0556. The van der Waals surface area contributed by atoms with Crippen LogP contribution in [0.4, 0.5) is 0 Å². The zero-order valence-corrected chi connectivity index (χ0v) is 10.8. The number of hydrogen-bond donors (Lipinski definition) is 1. The van der Waals surface area contributed by atoms with E-state index in [2.05, 4.69) is 5.32 Å². The van der Waals surface area contributed by atoms with Crippen LogP contribution in [0.25, 0.3) is 0 Å². The van der Waals surface area contributed by atoms with Crippen molar-refractivity contribution in [3.05, 3.63) is 11.8 Å². The maximum Gasteiger partial charge on any atom is 0.350 e. The number of hydrogen-bond acceptors (Lipinski definition) is 5. The molecule has 0 bridgehead atoms. The van der Waals surface area contributed by atoms with E-state index in [0.29, 0.717) is 6.04 Å². The van der Waals surface area contributed by atoms with Crippen LogP contribution in [0.3, 0.4) is 0 Å². The second-order valence-electron chi connectivity index (χ2n) is 5.24. The summed E-state index contributed by atoms with van der Waals surface area (Å²) >= 11 is 0. The molecular formula is C13H19NO4. The number of esters is 2. The van der Waals surface area contributed by atoms with Crippen LogP contribution in [0.2, 0.25) is 0 Å². The van der Waals surface area contributed by atoms with Gasteiger partial charge in [-0.1, -0.05) is 19.3 Å². The minimum atomic E-state index is -1.17. The van der Waals surface area contributed by atoms with Gasteiger partial charge < -0.3 is 14.8 Å². The summed E-state index contributed by atoms with van der Waals surface area (Å²) in [4.78, 5) is 23.3. The maximum atomic E-state index is 11.7. The Labute approximate surface area is 107 Å². The standard InChI is InChI=1S/C13H19NO4/c1-13(2)17-11(15)10(12(16)18-13)8-14-9-6-4-3-5-7-9/h8-9,14H,3-7H2,1-2H3. The van der Waals surface area contributed by atoms with Gasteiger partial charge in [0.25, 0.3) is 5.79 Å². The van der Waals surface area contributed by atoms with Crippen molar-refractivity contribution >= 4 is 11.9 Å². The summed E-state index contributed by atoms with van der Waals surface area (Å²) in [5.74, 6) is -2.42. The number of rotatable bonds is 2. The lowest BCUT2D eigenvalue weighted by Crippen LogP contribution is -2.42. The Bertz CT molecular complexity index is 358. The molecule has 0 amide bonds. The fraction of sp³-hybridized carbons (Fsp3) is 0.692. The molecule has 2 rings (SSSR count). The molecule has 1 N–H and O–H groups in total. The highest BCUT2D eigenvalue weighted by Gasteiger charge is 2.39. The van der Waals surface area contributed by atoms with E-state index in [1.165, 1.54) is 39.3 Å². The summed E-state index contributed by atoms with van der Waals surface area (Å²) in [6, 6.07) is 0.335. The molecule has 1 heterocycles. The van der Waals surface area contributed by atoms with Crippen molar-refractivity contribution in [1.29, 1.82) is 0 Å². The number of nitrogens with one attached hydrogen (secondary N) is 1. The predicted molar refractivity (Wildman–Crippen MR) is 64.4 cm³/mol. The van der Waals surface area contributed by atoms with Gasteiger partial charge in [0.05, 0.1) is 0 Å². The molecule has 1 aliphatic heterocycles. The average molecular weight is 253 g/mol. The Hall–Kier alpha value is -1.52. The van der Waals surface area contributed by atoms with Crippen molar-refractivity contribution in [3.63, 3.8) is 0 Å². The van der Waals surface area contributed by atoms with E-state index in [0.717, 1.165) is 12.8 Å². The van der Waals surface area contributed by atoms with Gasteiger partial charge in [-0.2, -0.15) is 0 Å². The summed E-state index contributed by atoms with van der Waals surface area (Å²) in [5.41, 5.74) is -0.0556. The maximum absolute atomic E-state index is 11.7. The first-order valence-corrected chi connectivity index (χ1v) is 6.41. The molecule has 5 nitrogen and oxygen atoms in total. The molecular weight excluding hydrogens is 234 g/mol. The summed E-state index contributed by atoms with van der Waals surface area (Å²) in [6.45, 7) is 3.07. The Morgan fingerprint density at radius 1 is 1.11 bits per heavy atom. The molecule has 1 saturated heterocycles. The van der Waals surface area contributed by atoms with Crippen molar-refractivity contribution in [1.82, 2.24) is 5.32 Å². The SMILES string of the molecule is CC1(C)OC(=O)C(=CNC2CCCCC2)C(=O)O1. The largest absolute Gasteiger partial charge is 0.419 e. The topological polar surface area (TPSA) is 64.6 Å². The highest BCUT2D eigenvalue weighted by molar-refractivity contribution is 6.15. The van der Waals surface area contributed by atoms with Crippen LogP contribution in [-0.2, 0) is 19.1 Å². The molecule has 0 unspecified atom stereocenters. The van der Waals surface area contributed by atoms with E-state index >= 15 is 0 Å². The van der Waals surface area contributed by atoms with Crippen LogP contribution in [0.5, 0.6) is 0 Å². The summed E-state index contributed by atoms with van der Waals surface area (Å²) in [7, 11) is 0. The molecule has 2 aliphatic rings. The fourth-order valence-corrected chi connectivity index (χ4v) is 2.25. The Morgan fingerprint density at radius 3 is 2.22 bits per heavy atom. The lowest BCUT2D eigenvalue weighted by molar-refractivity contribution is -0.222. The number of ether oxygens (including phenoxy) is 2. The molecule has 0 aromatic heterocycles. The van der Waals surface area contributed by atoms with Gasteiger partial charge in [0, 0.05) is 26.1 Å². The third kappa shape index (κ3) is 3.03. The van der Waals surface area contributed by atoms with Gasteiger partial charge in [-0.15, -0.1) is 0 Å². The van der Waals surface area contributed by atoms with Crippen LogP contribution in [0.15, 0.2) is 11.8 Å². The summed E-state index contributed by atoms with van der Waals surface area (Å²) < 4.78 is 10.0. The van der Waals surface area contributed by atoms with Crippen LogP contribution in [-0.4, -0.2) is 23.8 Å². The summed E-state index contributed by atoms with van der Waals surface area (Å²) in [6.07, 6.45) is 7.20. The molecule has 5 heteroatoms. The molecule has 0 spiro atoms. The van der Waals surface area contributed by atoms with Crippen LogP contribution >= 0.6 is 0 Å². The van der Waals surface area contributed by atoms with Crippen molar-refractivity contribution in [2.75, 3.05) is 0 Å². The van der Waals surface area contributed by atoms with E-state index < -0.39 is 17.7 Å². The van der Waals surface area contributed by atoms with Crippen LogP contribution in [0, 0.1) is 0 Å². The van der Waals surface area contributed by atoms with E-state index in [1.54, 1.807) is 0 Å². The molecule has 0 aromatic rings. The van der Waals surface area contributed by atoms with Crippen molar-refractivity contribution in [3.8, 4) is 0 Å². The Kier molecular flexibility index (Phi) is 3.59. The number of cyclic esters (lactones) is 2. The lowest BCUT2D eigenvalue weighted by Gasteiger charge is -2.30. The Balaban J connectivity index is 1.99. The zero-order valence-electron chi connectivity index (χ0n) is 10.8. The summed E-state index contributed by atoms with van der Waals surface area (Å²) in [5, 5.41) is 3.12. The quantitative estimate of drug-likeness (QED) is 0.460. The monoisotopic (exact) mass is 253 g/mol. The van der Waals surface area contributed by atoms with Crippen molar-refractivity contribution < 1.29 is 19.1 Å². The third-order valence-electron chi connectivity index (χ3n) is 3.19. The van der Waals surface area contributed by atoms with E-state index in [-0.39, 0.29) is 5.57 Å². The lowest BCUT2D eigenvalue weighted by atomic mass is 9.96. The smallest absolute Gasteiger partial charge is 0.350 e.